The number of aryl methyl sites for hydroxylation is 2. The minimum absolute atomic E-state index is 0.0215. The molecule has 1 aromatic heterocycles. The number of hydrogen-bond acceptors (Lipinski definition) is 3. The molecule has 0 spiro atoms. The average molecular weight is 428 g/mol. The van der Waals surface area contributed by atoms with Crippen LogP contribution in [0.1, 0.15) is 32.7 Å². The highest BCUT2D eigenvalue weighted by Crippen LogP contribution is 2.32. The number of benzene rings is 2. The van der Waals surface area contributed by atoms with E-state index in [0.29, 0.717) is 46.4 Å². The molecule has 1 aliphatic heterocycles. The van der Waals surface area contributed by atoms with Crippen LogP contribution in [-0.2, 0) is 18.2 Å². The molecule has 7 heteroatoms. The zero-order valence-corrected chi connectivity index (χ0v) is 17.6. The number of halogens is 2. The Kier molecular flexibility index (Phi) is 5.26. The van der Waals surface area contributed by atoms with E-state index in [1.54, 1.807) is 12.1 Å². The lowest BCUT2D eigenvalue weighted by Crippen LogP contribution is -2.48. The second-order valence-electron chi connectivity index (χ2n) is 7.30. The van der Waals surface area contributed by atoms with Crippen LogP contribution in [-0.4, -0.2) is 29.7 Å². The second-order valence-corrected chi connectivity index (χ2v) is 8.09. The Hall–Kier alpha value is -2.52. The Balaban J connectivity index is 1.71. The van der Waals surface area contributed by atoms with E-state index in [0.717, 1.165) is 22.2 Å². The van der Waals surface area contributed by atoms with Gasteiger partial charge >= 0.3 is 0 Å². The van der Waals surface area contributed by atoms with Gasteiger partial charge in [-0.05, 0) is 48.4 Å². The number of rotatable bonds is 4. The topological polar surface area (TPSA) is 67.1 Å². The molecule has 2 heterocycles. The van der Waals surface area contributed by atoms with Gasteiger partial charge in [0, 0.05) is 35.1 Å². The molecule has 1 fully saturated rings. The van der Waals surface area contributed by atoms with E-state index in [-0.39, 0.29) is 11.9 Å². The van der Waals surface area contributed by atoms with E-state index >= 15 is 0 Å². The highest BCUT2D eigenvalue weighted by atomic mass is 35.5. The van der Waals surface area contributed by atoms with Crippen molar-refractivity contribution in [3.8, 4) is 6.07 Å². The highest BCUT2D eigenvalue weighted by molar-refractivity contribution is 6.38. The third kappa shape index (κ3) is 3.60. The molecule has 0 bridgehead atoms. The first kappa shape index (κ1) is 19.8. The van der Waals surface area contributed by atoms with E-state index in [1.807, 2.05) is 30.7 Å². The first-order valence-corrected chi connectivity index (χ1v) is 9.99. The summed E-state index contributed by atoms with van der Waals surface area (Å²) in [4.78, 5) is 12.6. The van der Waals surface area contributed by atoms with Crippen LogP contribution in [0, 0.1) is 18.3 Å². The molecule has 1 N–H and O–H groups in total. The largest absolute Gasteiger partial charge is 0.377 e. The smallest absolute Gasteiger partial charge is 0.253 e. The summed E-state index contributed by atoms with van der Waals surface area (Å²) >= 11 is 13.0. The lowest BCUT2D eigenvalue weighted by Gasteiger charge is -2.27. The fourth-order valence-electron chi connectivity index (χ4n) is 3.60. The number of carbonyl (C=O) groups is 1. The number of hydrogen-bond donors (Lipinski definition) is 1. The van der Waals surface area contributed by atoms with Crippen LogP contribution in [0.25, 0.3) is 10.9 Å². The van der Waals surface area contributed by atoms with Crippen LogP contribution in [0.2, 0.25) is 10.0 Å². The maximum Gasteiger partial charge on any atom is 0.253 e. The Morgan fingerprint density at radius 3 is 2.72 bits per heavy atom. The van der Waals surface area contributed by atoms with E-state index in [4.69, 9.17) is 27.9 Å². The van der Waals surface area contributed by atoms with Crippen LogP contribution in [0.4, 0.5) is 0 Å². The van der Waals surface area contributed by atoms with Crippen molar-refractivity contribution in [2.75, 3.05) is 13.2 Å². The van der Waals surface area contributed by atoms with E-state index < -0.39 is 0 Å². The van der Waals surface area contributed by atoms with Gasteiger partial charge in [-0.15, -0.1) is 0 Å². The van der Waals surface area contributed by atoms with Gasteiger partial charge < -0.3 is 14.6 Å². The molecule has 0 unspecified atom stereocenters. The number of ether oxygens (including phenoxy) is 1. The van der Waals surface area contributed by atoms with Crippen LogP contribution < -0.4 is 5.32 Å². The number of fused-ring (bicyclic) bond motifs is 1. The Morgan fingerprint density at radius 1 is 1.31 bits per heavy atom. The van der Waals surface area contributed by atoms with Gasteiger partial charge in [-0.3, -0.25) is 4.79 Å². The van der Waals surface area contributed by atoms with E-state index in [1.165, 1.54) is 0 Å². The van der Waals surface area contributed by atoms with Crippen molar-refractivity contribution in [2.45, 2.75) is 19.4 Å². The summed E-state index contributed by atoms with van der Waals surface area (Å²) in [5.74, 6) is -0.229. The zero-order chi connectivity index (χ0) is 20.7. The molecule has 29 heavy (non-hydrogen) atoms. The van der Waals surface area contributed by atoms with E-state index in [2.05, 4.69) is 17.5 Å². The van der Waals surface area contributed by atoms with Crippen LogP contribution in [0.3, 0.4) is 0 Å². The molecule has 148 valence electrons. The Morgan fingerprint density at radius 2 is 2.07 bits per heavy atom. The minimum Gasteiger partial charge on any atom is -0.377 e. The average Bonchev–Trinajstić information content (AvgIpc) is 2.98. The SMILES string of the molecule is Cc1cc(C#N)cc2c1cc(Cc1c(Cl)ccc(C(=O)NC3COC3)c1Cl)n2C. The summed E-state index contributed by atoms with van der Waals surface area (Å²) in [6.07, 6.45) is 0.470. The van der Waals surface area contributed by atoms with Gasteiger partial charge in [0.1, 0.15) is 0 Å². The number of nitriles is 1. The predicted molar refractivity (Wildman–Crippen MR) is 114 cm³/mol. The zero-order valence-electron chi connectivity index (χ0n) is 16.1. The lowest BCUT2D eigenvalue weighted by atomic mass is 10.0. The molecule has 1 amide bonds. The number of nitrogens with one attached hydrogen (secondary N) is 1. The molecule has 4 rings (SSSR count). The van der Waals surface area contributed by atoms with Crippen molar-refractivity contribution in [2.24, 2.45) is 7.05 Å². The molecule has 5 nitrogen and oxygen atoms in total. The first-order chi connectivity index (χ1) is 13.9. The molecular weight excluding hydrogens is 409 g/mol. The van der Waals surface area contributed by atoms with Gasteiger partial charge in [0.2, 0.25) is 0 Å². The van der Waals surface area contributed by atoms with Gasteiger partial charge in [-0.25, -0.2) is 0 Å². The summed E-state index contributed by atoms with van der Waals surface area (Å²) in [6.45, 7) is 3.02. The number of amides is 1. The summed E-state index contributed by atoms with van der Waals surface area (Å²) < 4.78 is 7.14. The minimum atomic E-state index is -0.229. The highest BCUT2D eigenvalue weighted by Gasteiger charge is 2.24. The molecule has 0 atom stereocenters. The fraction of sp³-hybridized carbons (Fsp3) is 0.273. The molecule has 1 aliphatic rings. The van der Waals surface area contributed by atoms with Crippen molar-refractivity contribution in [1.82, 2.24) is 9.88 Å². The maximum atomic E-state index is 12.6. The first-order valence-electron chi connectivity index (χ1n) is 9.23. The van der Waals surface area contributed by atoms with Crippen molar-refractivity contribution in [1.29, 1.82) is 5.26 Å². The van der Waals surface area contributed by atoms with Crippen molar-refractivity contribution in [3.63, 3.8) is 0 Å². The quantitative estimate of drug-likeness (QED) is 0.671. The summed E-state index contributed by atoms with van der Waals surface area (Å²) in [5, 5.41) is 14.1. The number of nitrogens with zero attached hydrogens (tertiary/aromatic N) is 2. The van der Waals surface area contributed by atoms with Crippen molar-refractivity contribution >= 4 is 40.0 Å². The molecule has 3 aromatic rings. The second kappa shape index (κ2) is 7.72. The number of carbonyl (C=O) groups excluding carboxylic acids is 1. The van der Waals surface area contributed by atoms with Gasteiger partial charge in [-0.1, -0.05) is 23.2 Å². The van der Waals surface area contributed by atoms with Gasteiger partial charge in [0.25, 0.3) is 5.91 Å². The summed E-state index contributed by atoms with van der Waals surface area (Å²) in [6, 6.07) is 11.4. The third-order valence-corrected chi connectivity index (χ3v) is 6.14. The van der Waals surface area contributed by atoms with E-state index in [9.17, 15) is 10.1 Å². The van der Waals surface area contributed by atoms with Crippen LogP contribution in [0.5, 0.6) is 0 Å². The van der Waals surface area contributed by atoms with Gasteiger partial charge in [-0.2, -0.15) is 5.26 Å². The van der Waals surface area contributed by atoms with Crippen molar-refractivity contribution < 1.29 is 9.53 Å². The van der Waals surface area contributed by atoms with Crippen LogP contribution in [0.15, 0.2) is 30.3 Å². The normalized spacial score (nSPS) is 13.9. The summed E-state index contributed by atoms with van der Waals surface area (Å²) in [7, 11) is 1.95. The van der Waals surface area contributed by atoms with Crippen LogP contribution >= 0.6 is 23.2 Å². The monoisotopic (exact) mass is 427 g/mol. The lowest BCUT2D eigenvalue weighted by molar-refractivity contribution is -0.00346. The van der Waals surface area contributed by atoms with Crippen molar-refractivity contribution in [3.05, 3.63) is 68.3 Å². The Labute approximate surface area is 178 Å². The molecule has 2 aromatic carbocycles. The summed E-state index contributed by atoms with van der Waals surface area (Å²) in [5.41, 5.74) is 4.73. The third-order valence-electron chi connectivity index (χ3n) is 5.36. The molecule has 0 aliphatic carbocycles. The standard InChI is InChI=1S/C22H19Cl2N3O2/c1-12-5-13(9-25)6-20-17(12)7-15(27(20)2)8-18-19(23)4-3-16(21(18)24)22(28)26-14-10-29-11-14/h3-7,14H,8,10-11H2,1-2H3,(H,26,28). The predicted octanol–water partition coefficient (Wildman–Crippen LogP) is 4.38. The van der Waals surface area contributed by atoms with Gasteiger partial charge in [0.05, 0.1) is 41.5 Å². The molecule has 0 radical (unpaired) electrons. The van der Waals surface area contributed by atoms with Gasteiger partial charge in [0.15, 0.2) is 0 Å². The molecular formula is C22H19Cl2N3O2. The fourth-order valence-corrected chi connectivity index (χ4v) is 4.19. The molecule has 0 saturated carbocycles. The molecule has 1 saturated heterocycles. The Bertz CT molecular complexity index is 1170. The maximum absolute atomic E-state index is 12.6. The number of aromatic nitrogens is 1.